The number of aliphatic hydroxyl groups is 2. The number of amides is 1. The summed E-state index contributed by atoms with van der Waals surface area (Å²) in [6, 6.07) is -0.526. The van der Waals surface area contributed by atoms with Crippen molar-refractivity contribution in [1.82, 2.24) is 5.32 Å². The van der Waals surface area contributed by atoms with Crippen molar-refractivity contribution in [3.05, 3.63) is 0 Å². The molecule has 0 saturated carbocycles. The van der Waals surface area contributed by atoms with Gasteiger partial charge in [-0.2, -0.15) is 0 Å². The molecule has 1 amide bonds. The standard InChI is InChI=1S/C42H85NO3/c1-3-5-7-9-11-12-13-14-15-16-17-18-19-20-21-22-23-24-25-26-27-28-29-30-31-32-33-35-37-41(45)40(39-44)43-42(46)38-36-34-10-8-6-4-2/h40-41,44-45H,3-39H2,1-2H3,(H,43,46). The van der Waals surface area contributed by atoms with Crippen molar-refractivity contribution in [1.29, 1.82) is 0 Å². The van der Waals surface area contributed by atoms with Crippen LogP contribution in [0.25, 0.3) is 0 Å². The fraction of sp³-hybridized carbons (Fsp3) is 0.976. The summed E-state index contributed by atoms with van der Waals surface area (Å²) in [5.74, 6) is -0.0380. The number of carbonyl (C=O) groups excluding carboxylic acids is 1. The topological polar surface area (TPSA) is 69.6 Å². The summed E-state index contributed by atoms with van der Waals surface area (Å²) in [5.41, 5.74) is 0. The normalized spacial score (nSPS) is 12.9. The molecule has 0 aliphatic carbocycles. The van der Waals surface area contributed by atoms with E-state index in [1.807, 2.05) is 0 Å². The highest BCUT2D eigenvalue weighted by molar-refractivity contribution is 5.76. The first-order valence-electron chi connectivity index (χ1n) is 21.2. The van der Waals surface area contributed by atoms with E-state index in [2.05, 4.69) is 19.2 Å². The Hall–Kier alpha value is -0.610. The van der Waals surface area contributed by atoms with Gasteiger partial charge < -0.3 is 15.5 Å². The molecule has 0 aromatic heterocycles. The van der Waals surface area contributed by atoms with Crippen molar-refractivity contribution in [3.8, 4) is 0 Å². The van der Waals surface area contributed by atoms with Gasteiger partial charge in [0.05, 0.1) is 18.8 Å². The number of nitrogens with one attached hydrogen (secondary N) is 1. The lowest BCUT2D eigenvalue weighted by molar-refractivity contribution is -0.123. The third-order valence-corrected chi connectivity index (χ3v) is 10.1. The Balaban J connectivity index is 3.33. The number of hydrogen-bond donors (Lipinski definition) is 3. The fourth-order valence-corrected chi connectivity index (χ4v) is 6.83. The molecule has 0 aromatic rings. The highest BCUT2D eigenvalue weighted by Gasteiger charge is 2.19. The van der Waals surface area contributed by atoms with E-state index in [4.69, 9.17) is 0 Å². The van der Waals surface area contributed by atoms with Crippen LogP contribution in [0.1, 0.15) is 245 Å². The lowest BCUT2D eigenvalue weighted by Crippen LogP contribution is -2.45. The smallest absolute Gasteiger partial charge is 0.220 e. The quantitative estimate of drug-likeness (QED) is 0.0579. The number of hydrogen-bond acceptors (Lipinski definition) is 3. The van der Waals surface area contributed by atoms with Crippen LogP contribution in [0.3, 0.4) is 0 Å². The van der Waals surface area contributed by atoms with Gasteiger partial charge in [0.2, 0.25) is 5.91 Å². The van der Waals surface area contributed by atoms with Crippen LogP contribution in [0.15, 0.2) is 0 Å². The second-order valence-corrected chi connectivity index (χ2v) is 14.8. The molecule has 0 saturated heterocycles. The molecule has 276 valence electrons. The third-order valence-electron chi connectivity index (χ3n) is 10.1. The first-order valence-corrected chi connectivity index (χ1v) is 21.2. The molecule has 2 atom stereocenters. The van der Waals surface area contributed by atoms with Gasteiger partial charge in [0.1, 0.15) is 0 Å². The van der Waals surface area contributed by atoms with E-state index < -0.39 is 12.1 Å². The van der Waals surface area contributed by atoms with Gasteiger partial charge in [0, 0.05) is 6.42 Å². The summed E-state index contributed by atoms with van der Waals surface area (Å²) >= 11 is 0. The molecule has 0 aliphatic heterocycles. The molecule has 0 radical (unpaired) electrons. The Bertz CT molecular complexity index is 583. The van der Waals surface area contributed by atoms with E-state index in [0.717, 1.165) is 25.7 Å². The number of unbranched alkanes of at least 4 members (excludes halogenated alkanes) is 32. The monoisotopic (exact) mass is 652 g/mol. The van der Waals surface area contributed by atoms with Crippen molar-refractivity contribution in [2.75, 3.05) is 6.61 Å². The Morgan fingerprint density at radius 2 is 0.696 bits per heavy atom. The van der Waals surface area contributed by atoms with Gasteiger partial charge in [0.25, 0.3) is 0 Å². The van der Waals surface area contributed by atoms with Crippen molar-refractivity contribution >= 4 is 5.91 Å². The molecule has 0 aromatic carbocycles. The van der Waals surface area contributed by atoms with Crippen LogP contribution in [0.2, 0.25) is 0 Å². The summed E-state index contributed by atoms with van der Waals surface area (Å²) in [6.07, 6.45) is 46.5. The minimum atomic E-state index is -0.650. The largest absolute Gasteiger partial charge is 0.394 e. The van der Waals surface area contributed by atoms with E-state index in [-0.39, 0.29) is 12.5 Å². The van der Waals surface area contributed by atoms with Crippen molar-refractivity contribution in [2.24, 2.45) is 0 Å². The van der Waals surface area contributed by atoms with Crippen molar-refractivity contribution in [3.63, 3.8) is 0 Å². The highest BCUT2D eigenvalue weighted by Crippen LogP contribution is 2.17. The summed E-state index contributed by atoms with van der Waals surface area (Å²) in [6.45, 7) is 4.31. The molecule has 0 heterocycles. The van der Waals surface area contributed by atoms with Crippen LogP contribution >= 0.6 is 0 Å². The van der Waals surface area contributed by atoms with E-state index in [1.165, 1.54) is 193 Å². The second-order valence-electron chi connectivity index (χ2n) is 14.8. The average molecular weight is 652 g/mol. The van der Waals surface area contributed by atoms with Gasteiger partial charge in [-0.05, 0) is 12.8 Å². The molecular weight excluding hydrogens is 566 g/mol. The second kappa shape index (κ2) is 38.8. The van der Waals surface area contributed by atoms with Crippen LogP contribution in [0.4, 0.5) is 0 Å². The fourth-order valence-electron chi connectivity index (χ4n) is 6.83. The molecule has 46 heavy (non-hydrogen) atoms. The first-order chi connectivity index (χ1) is 22.7. The Kier molecular flexibility index (Phi) is 38.3. The van der Waals surface area contributed by atoms with Crippen LogP contribution in [-0.4, -0.2) is 34.9 Å². The minimum Gasteiger partial charge on any atom is -0.394 e. The number of rotatable bonds is 39. The maximum Gasteiger partial charge on any atom is 0.220 e. The van der Waals surface area contributed by atoms with Gasteiger partial charge in [-0.3, -0.25) is 4.79 Å². The molecule has 0 rings (SSSR count). The molecular formula is C42H85NO3. The van der Waals surface area contributed by atoms with Gasteiger partial charge in [-0.25, -0.2) is 0 Å². The summed E-state index contributed by atoms with van der Waals surface area (Å²) in [7, 11) is 0. The van der Waals surface area contributed by atoms with Gasteiger partial charge in [-0.15, -0.1) is 0 Å². The van der Waals surface area contributed by atoms with E-state index in [0.29, 0.717) is 12.8 Å². The molecule has 0 spiro atoms. The summed E-state index contributed by atoms with van der Waals surface area (Å²) in [4.78, 5) is 12.2. The zero-order valence-electron chi connectivity index (χ0n) is 31.6. The Labute approximate surface area is 289 Å². The Morgan fingerprint density at radius 1 is 0.435 bits per heavy atom. The lowest BCUT2D eigenvalue weighted by atomic mass is 10.0. The van der Waals surface area contributed by atoms with E-state index >= 15 is 0 Å². The SMILES string of the molecule is CCCCCCCCCCCCCCCCCCCCCCCCCCCCCCC(O)C(CO)NC(=O)CCCCCCCC. The molecule has 0 bridgehead atoms. The minimum absolute atomic E-state index is 0.0380. The first kappa shape index (κ1) is 45.4. The lowest BCUT2D eigenvalue weighted by Gasteiger charge is -2.22. The number of aliphatic hydroxyl groups excluding tert-OH is 2. The van der Waals surface area contributed by atoms with Gasteiger partial charge in [-0.1, -0.05) is 226 Å². The zero-order chi connectivity index (χ0) is 33.6. The van der Waals surface area contributed by atoms with Gasteiger partial charge in [0.15, 0.2) is 0 Å². The van der Waals surface area contributed by atoms with Gasteiger partial charge >= 0.3 is 0 Å². The van der Waals surface area contributed by atoms with Crippen LogP contribution in [-0.2, 0) is 4.79 Å². The summed E-state index contributed by atoms with van der Waals surface area (Å²) < 4.78 is 0. The summed E-state index contributed by atoms with van der Waals surface area (Å²) in [5, 5.41) is 22.9. The van der Waals surface area contributed by atoms with Crippen LogP contribution in [0, 0.1) is 0 Å². The van der Waals surface area contributed by atoms with E-state index in [9.17, 15) is 15.0 Å². The van der Waals surface area contributed by atoms with Crippen molar-refractivity contribution < 1.29 is 15.0 Å². The molecule has 4 nitrogen and oxygen atoms in total. The van der Waals surface area contributed by atoms with Crippen molar-refractivity contribution in [2.45, 2.75) is 257 Å². The molecule has 2 unspecified atom stereocenters. The number of carbonyl (C=O) groups is 1. The Morgan fingerprint density at radius 3 is 0.978 bits per heavy atom. The molecule has 3 N–H and O–H groups in total. The van der Waals surface area contributed by atoms with Crippen LogP contribution in [0.5, 0.6) is 0 Å². The van der Waals surface area contributed by atoms with E-state index in [1.54, 1.807) is 0 Å². The molecule has 0 fully saturated rings. The highest BCUT2D eigenvalue weighted by atomic mass is 16.3. The zero-order valence-corrected chi connectivity index (χ0v) is 31.6. The molecule has 4 heteroatoms. The third kappa shape index (κ3) is 34.7. The predicted octanol–water partition coefficient (Wildman–Crippen LogP) is 12.9. The maximum absolute atomic E-state index is 12.2. The van der Waals surface area contributed by atoms with Crippen LogP contribution < -0.4 is 5.32 Å². The molecule has 0 aliphatic rings. The average Bonchev–Trinajstić information content (AvgIpc) is 3.06. The maximum atomic E-state index is 12.2. The predicted molar refractivity (Wildman–Crippen MR) is 203 cm³/mol.